The van der Waals surface area contributed by atoms with Crippen molar-refractivity contribution in [3.05, 3.63) is 42.0 Å². The summed E-state index contributed by atoms with van der Waals surface area (Å²) in [5.74, 6) is 1.71. The molecule has 37 heavy (non-hydrogen) atoms. The number of rotatable bonds is 18. The Kier molecular flexibility index (Phi) is 14.1. The number of pyridine rings is 1. The molecule has 3 N–H and O–H groups in total. The molecule has 0 bridgehead atoms. The largest absolute Gasteiger partial charge is 0.368 e. The Morgan fingerprint density at radius 1 is 0.919 bits per heavy atom. The van der Waals surface area contributed by atoms with E-state index >= 15 is 0 Å². The molecule has 0 radical (unpaired) electrons. The van der Waals surface area contributed by atoms with E-state index in [1.165, 1.54) is 0 Å². The molecule has 1 heterocycles. The predicted octanol–water partition coefficient (Wildman–Crippen LogP) is 5.76. The molecule has 0 aliphatic heterocycles. The normalized spacial score (nSPS) is 11.2. The lowest BCUT2D eigenvalue weighted by atomic mass is 10.2. The summed E-state index contributed by atoms with van der Waals surface area (Å²) in [4.78, 5) is 26.3. The number of benzene rings is 1. The Morgan fingerprint density at radius 2 is 1.59 bits per heavy atom. The first-order valence-electron chi connectivity index (χ1n) is 13.9. The van der Waals surface area contributed by atoms with Crippen LogP contribution >= 0.6 is 0 Å². The second-order valence-corrected chi connectivity index (χ2v) is 9.10. The second kappa shape index (κ2) is 17.3. The molecular formula is C29H47N7O. The van der Waals surface area contributed by atoms with Crippen molar-refractivity contribution in [3.8, 4) is 0 Å². The molecule has 0 saturated heterocycles. The van der Waals surface area contributed by atoms with Crippen LogP contribution in [0, 0.1) is 0 Å². The van der Waals surface area contributed by atoms with Gasteiger partial charge in [0.1, 0.15) is 11.5 Å². The Bertz CT molecular complexity index is 934. The average Bonchev–Trinajstić information content (AvgIpc) is 2.93. The minimum atomic E-state index is -0.102. The number of hydrogen-bond acceptors (Lipinski definition) is 6. The van der Waals surface area contributed by atoms with Gasteiger partial charge >= 0.3 is 0 Å². The predicted molar refractivity (Wildman–Crippen MR) is 159 cm³/mol. The summed E-state index contributed by atoms with van der Waals surface area (Å²) in [5, 5.41) is 9.38. The van der Waals surface area contributed by atoms with Crippen molar-refractivity contribution in [2.24, 2.45) is 4.99 Å². The van der Waals surface area contributed by atoms with Gasteiger partial charge < -0.3 is 25.8 Å². The number of unbranched alkanes of at least 4 members (excludes halogenated alkanes) is 2. The highest BCUT2D eigenvalue weighted by Gasteiger charge is 2.11. The highest BCUT2D eigenvalue weighted by molar-refractivity contribution is 5.94. The molecule has 0 spiro atoms. The van der Waals surface area contributed by atoms with E-state index in [1.54, 1.807) is 25.5 Å². The molecule has 0 unspecified atom stereocenters. The SMILES string of the molecule is CCCCN(CCCC)c1ccc(N=CNc2ccc(C(=O)NC)cc2)c(NCCCN(CC)CC)n1. The van der Waals surface area contributed by atoms with E-state index in [0.717, 1.165) is 94.4 Å². The lowest BCUT2D eigenvalue weighted by molar-refractivity contribution is 0.0963. The molecule has 1 aromatic heterocycles. The first-order valence-corrected chi connectivity index (χ1v) is 13.9. The fraction of sp³-hybridized carbons (Fsp3) is 0.552. The summed E-state index contributed by atoms with van der Waals surface area (Å²) in [5.41, 5.74) is 2.28. The van der Waals surface area contributed by atoms with Gasteiger partial charge in [0.15, 0.2) is 5.82 Å². The van der Waals surface area contributed by atoms with Gasteiger partial charge in [-0.2, -0.15) is 0 Å². The summed E-state index contributed by atoms with van der Waals surface area (Å²) in [6.07, 6.45) is 7.36. The molecule has 1 amide bonds. The number of carbonyl (C=O) groups excluding carboxylic acids is 1. The molecule has 2 rings (SSSR count). The van der Waals surface area contributed by atoms with Crippen LogP contribution in [0.25, 0.3) is 0 Å². The number of carbonyl (C=O) groups is 1. The summed E-state index contributed by atoms with van der Waals surface area (Å²) < 4.78 is 0. The lowest BCUT2D eigenvalue weighted by Crippen LogP contribution is -2.27. The van der Waals surface area contributed by atoms with Gasteiger partial charge in [0.2, 0.25) is 0 Å². The van der Waals surface area contributed by atoms with E-state index in [2.05, 4.69) is 64.5 Å². The molecular weight excluding hydrogens is 462 g/mol. The number of nitrogens with one attached hydrogen (secondary N) is 3. The molecule has 0 fully saturated rings. The summed E-state index contributed by atoms with van der Waals surface area (Å²) in [6, 6.07) is 11.4. The van der Waals surface area contributed by atoms with Crippen molar-refractivity contribution in [2.75, 3.05) is 61.8 Å². The minimum absolute atomic E-state index is 0.102. The number of aliphatic imine (C=N–C) groups is 1. The van der Waals surface area contributed by atoms with Crippen molar-refractivity contribution in [3.63, 3.8) is 0 Å². The van der Waals surface area contributed by atoms with Gasteiger partial charge in [0.05, 0.1) is 6.34 Å². The van der Waals surface area contributed by atoms with Crippen molar-refractivity contribution >= 4 is 35.3 Å². The van der Waals surface area contributed by atoms with Gasteiger partial charge in [-0.3, -0.25) is 4.79 Å². The third-order valence-corrected chi connectivity index (χ3v) is 6.39. The molecule has 0 atom stereocenters. The first-order chi connectivity index (χ1) is 18.1. The molecule has 204 valence electrons. The molecule has 2 aromatic rings. The molecule has 8 heteroatoms. The zero-order valence-electron chi connectivity index (χ0n) is 23.5. The van der Waals surface area contributed by atoms with Crippen LogP contribution in [0.2, 0.25) is 0 Å². The van der Waals surface area contributed by atoms with E-state index in [1.807, 2.05) is 18.2 Å². The number of nitrogens with zero attached hydrogens (tertiary/aromatic N) is 4. The van der Waals surface area contributed by atoms with Crippen molar-refractivity contribution in [1.82, 2.24) is 15.2 Å². The smallest absolute Gasteiger partial charge is 0.251 e. The van der Waals surface area contributed by atoms with Crippen LogP contribution in [0.1, 0.15) is 70.2 Å². The highest BCUT2D eigenvalue weighted by atomic mass is 16.1. The van der Waals surface area contributed by atoms with Crippen molar-refractivity contribution < 1.29 is 4.79 Å². The van der Waals surface area contributed by atoms with Gasteiger partial charge in [0.25, 0.3) is 5.91 Å². The van der Waals surface area contributed by atoms with Crippen LogP contribution in [0.3, 0.4) is 0 Å². The molecule has 8 nitrogen and oxygen atoms in total. The Morgan fingerprint density at radius 3 is 2.19 bits per heavy atom. The van der Waals surface area contributed by atoms with Crippen LogP contribution in [-0.4, -0.2) is 68.4 Å². The fourth-order valence-corrected chi connectivity index (χ4v) is 3.98. The summed E-state index contributed by atoms with van der Waals surface area (Å²) >= 11 is 0. The van der Waals surface area contributed by atoms with E-state index < -0.39 is 0 Å². The van der Waals surface area contributed by atoms with E-state index in [0.29, 0.717) is 5.56 Å². The van der Waals surface area contributed by atoms with Crippen LogP contribution < -0.4 is 20.9 Å². The number of anilines is 3. The van der Waals surface area contributed by atoms with E-state index in [4.69, 9.17) is 4.98 Å². The van der Waals surface area contributed by atoms with Gasteiger partial charge in [0, 0.05) is 37.9 Å². The number of amides is 1. The van der Waals surface area contributed by atoms with Gasteiger partial charge in [-0.05, 0) is 75.3 Å². The minimum Gasteiger partial charge on any atom is -0.368 e. The Hall–Kier alpha value is -3.13. The third kappa shape index (κ3) is 10.4. The lowest BCUT2D eigenvalue weighted by Gasteiger charge is -2.24. The standard InChI is InChI=1S/C29H47N7O/c1-6-10-21-36(22-11-7-2)27-18-17-26(28(34-27)31-19-12-20-35(8-3)9-4)33-23-32-25-15-13-24(14-16-25)29(37)30-5/h13-18,23H,6-12,19-22H2,1-5H3,(H,30,37)(H,31,34)(H,32,33). The highest BCUT2D eigenvalue weighted by Crippen LogP contribution is 2.27. The van der Waals surface area contributed by atoms with E-state index in [9.17, 15) is 4.79 Å². The fourth-order valence-electron chi connectivity index (χ4n) is 3.98. The third-order valence-electron chi connectivity index (χ3n) is 6.39. The van der Waals surface area contributed by atoms with E-state index in [-0.39, 0.29) is 5.91 Å². The van der Waals surface area contributed by atoms with Crippen LogP contribution in [0.5, 0.6) is 0 Å². The summed E-state index contributed by atoms with van der Waals surface area (Å²) in [7, 11) is 1.63. The zero-order chi connectivity index (χ0) is 26.9. The molecule has 1 aromatic carbocycles. The van der Waals surface area contributed by atoms with Crippen molar-refractivity contribution in [2.45, 2.75) is 59.8 Å². The van der Waals surface area contributed by atoms with Gasteiger partial charge in [-0.1, -0.05) is 40.5 Å². The van der Waals surface area contributed by atoms with Crippen LogP contribution in [-0.2, 0) is 0 Å². The Balaban J connectivity index is 2.17. The second-order valence-electron chi connectivity index (χ2n) is 9.10. The quantitative estimate of drug-likeness (QED) is 0.135. The van der Waals surface area contributed by atoms with Crippen molar-refractivity contribution in [1.29, 1.82) is 0 Å². The maximum Gasteiger partial charge on any atom is 0.251 e. The average molecular weight is 510 g/mol. The first kappa shape index (κ1) is 30.1. The molecule has 0 aliphatic carbocycles. The molecule has 0 saturated carbocycles. The maximum absolute atomic E-state index is 11.8. The number of hydrogen-bond donors (Lipinski definition) is 3. The van der Waals surface area contributed by atoms with Crippen LogP contribution in [0.4, 0.5) is 23.0 Å². The topological polar surface area (TPSA) is 84.9 Å². The zero-order valence-corrected chi connectivity index (χ0v) is 23.5. The van der Waals surface area contributed by atoms with Crippen LogP contribution in [0.15, 0.2) is 41.4 Å². The Labute approximate surface area is 224 Å². The monoisotopic (exact) mass is 509 g/mol. The maximum atomic E-state index is 11.8. The summed E-state index contributed by atoms with van der Waals surface area (Å²) in [6.45, 7) is 14.9. The van der Waals surface area contributed by atoms with Gasteiger partial charge in [-0.25, -0.2) is 9.98 Å². The number of aromatic nitrogens is 1. The molecule has 0 aliphatic rings. The van der Waals surface area contributed by atoms with Gasteiger partial charge in [-0.15, -0.1) is 0 Å².